The van der Waals surface area contributed by atoms with Gasteiger partial charge in [-0.15, -0.1) is 0 Å². The Morgan fingerprint density at radius 3 is 2.43 bits per heavy atom. The Balaban J connectivity index is 2.16. The molecule has 1 fully saturated rings. The van der Waals surface area contributed by atoms with E-state index in [0.717, 1.165) is 25.0 Å². The monoisotopic (exact) mass is 336 g/mol. The van der Waals surface area contributed by atoms with Gasteiger partial charge in [0, 0.05) is 17.0 Å². The van der Waals surface area contributed by atoms with Crippen molar-refractivity contribution in [1.82, 2.24) is 4.72 Å². The quantitative estimate of drug-likeness (QED) is 0.829. The molecule has 0 unspecified atom stereocenters. The largest absolute Gasteiger partial charge is 0.399 e. The first-order valence-corrected chi connectivity index (χ1v) is 9.40. The van der Waals surface area contributed by atoms with Crippen molar-refractivity contribution in [3.8, 4) is 0 Å². The number of nitrogens with one attached hydrogen (secondary N) is 1. The molecule has 0 bridgehead atoms. The molecule has 0 heterocycles. The summed E-state index contributed by atoms with van der Waals surface area (Å²) in [5.41, 5.74) is 5.27. The Hall–Kier alpha value is -0.860. The van der Waals surface area contributed by atoms with Gasteiger partial charge in [-0.1, -0.05) is 0 Å². The zero-order chi connectivity index (χ0) is 15.6. The van der Waals surface area contributed by atoms with Crippen LogP contribution >= 0.6 is 11.8 Å². The summed E-state index contributed by atoms with van der Waals surface area (Å²) in [5.74, 6) is -2.66. The average Bonchev–Trinajstić information content (AvgIpc) is 2.43. The lowest BCUT2D eigenvalue weighted by Crippen LogP contribution is -2.38. The van der Waals surface area contributed by atoms with Crippen LogP contribution in [0.15, 0.2) is 17.0 Å². The van der Waals surface area contributed by atoms with Crippen LogP contribution < -0.4 is 10.5 Å². The number of sulfonamides is 1. The van der Waals surface area contributed by atoms with Crippen molar-refractivity contribution < 1.29 is 17.2 Å². The van der Waals surface area contributed by atoms with Gasteiger partial charge < -0.3 is 5.73 Å². The summed E-state index contributed by atoms with van der Waals surface area (Å²) in [4.78, 5) is -0.730. The lowest BCUT2D eigenvalue weighted by molar-refractivity contribution is 0.417. The third kappa shape index (κ3) is 3.87. The van der Waals surface area contributed by atoms with Crippen molar-refractivity contribution in [1.29, 1.82) is 0 Å². The molecule has 3 N–H and O–H groups in total. The number of halogens is 2. The molecule has 8 heteroatoms. The van der Waals surface area contributed by atoms with Crippen LogP contribution in [0.4, 0.5) is 14.5 Å². The molecule has 1 aliphatic rings. The van der Waals surface area contributed by atoms with E-state index in [1.807, 2.05) is 6.26 Å². The van der Waals surface area contributed by atoms with Gasteiger partial charge in [-0.2, -0.15) is 11.8 Å². The van der Waals surface area contributed by atoms with Crippen LogP contribution in [0.3, 0.4) is 0 Å². The molecule has 118 valence electrons. The summed E-state index contributed by atoms with van der Waals surface area (Å²) in [5, 5.41) is 0.535. The Bertz CT molecular complexity index is 615. The maximum Gasteiger partial charge on any atom is 0.243 e. The van der Waals surface area contributed by atoms with Crippen LogP contribution in [-0.2, 0) is 10.0 Å². The molecule has 4 nitrogen and oxygen atoms in total. The topological polar surface area (TPSA) is 72.2 Å². The average molecular weight is 336 g/mol. The highest BCUT2D eigenvalue weighted by molar-refractivity contribution is 7.99. The molecule has 1 aromatic carbocycles. The zero-order valence-electron chi connectivity index (χ0n) is 11.6. The molecule has 0 aromatic heterocycles. The normalized spacial score (nSPS) is 23.2. The summed E-state index contributed by atoms with van der Waals surface area (Å²) in [6, 6.07) is 1.45. The third-order valence-corrected chi connectivity index (χ3v) is 6.29. The summed E-state index contributed by atoms with van der Waals surface area (Å²) >= 11 is 1.77. The summed E-state index contributed by atoms with van der Waals surface area (Å²) < 4.78 is 53.8. The first-order valence-electron chi connectivity index (χ1n) is 6.63. The predicted octanol–water partition coefficient (Wildman–Crippen LogP) is 2.50. The minimum Gasteiger partial charge on any atom is -0.399 e. The number of anilines is 1. The van der Waals surface area contributed by atoms with Crippen molar-refractivity contribution in [2.45, 2.75) is 41.9 Å². The van der Waals surface area contributed by atoms with Crippen molar-refractivity contribution in [2.24, 2.45) is 0 Å². The van der Waals surface area contributed by atoms with Crippen molar-refractivity contribution in [3.63, 3.8) is 0 Å². The number of nitrogens with two attached hydrogens (primary N) is 1. The van der Waals surface area contributed by atoms with Crippen molar-refractivity contribution in [3.05, 3.63) is 23.8 Å². The second-order valence-corrected chi connectivity index (χ2v) is 7.97. The van der Waals surface area contributed by atoms with E-state index in [1.165, 1.54) is 0 Å². The van der Waals surface area contributed by atoms with Gasteiger partial charge in [0.2, 0.25) is 10.0 Å². The Morgan fingerprint density at radius 2 is 1.86 bits per heavy atom. The van der Waals surface area contributed by atoms with Gasteiger partial charge in [0.15, 0.2) is 11.6 Å². The van der Waals surface area contributed by atoms with E-state index in [-0.39, 0.29) is 11.7 Å². The fourth-order valence-electron chi connectivity index (χ4n) is 2.48. The van der Waals surface area contributed by atoms with E-state index >= 15 is 0 Å². The fraction of sp³-hybridized carbons (Fsp3) is 0.538. The number of thioether (sulfide) groups is 1. The Labute approximate surface area is 127 Å². The first-order chi connectivity index (χ1) is 9.83. The molecule has 0 saturated heterocycles. The number of benzene rings is 1. The van der Waals surface area contributed by atoms with Crippen LogP contribution in [-0.4, -0.2) is 26.0 Å². The molecule has 1 saturated carbocycles. The van der Waals surface area contributed by atoms with Crippen molar-refractivity contribution in [2.75, 3.05) is 12.0 Å². The molecular formula is C13H18F2N2O2S2. The second kappa shape index (κ2) is 6.50. The third-order valence-electron chi connectivity index (χ3n) is 3.64. The van der Waals surface area contributed by atoms with Gasteiger partial charge in [-0.3, -0.25) is 0 Å². The number of rotatable bonds is 4. The molecule has 0 atom stereocenters. The SMILES string of the molecule is CSC1CCC(NS(=O)(=O)c2cc(N)cc(F)c2F)CC1. The standard InChI is InChI=1S/C13H18F2N2O2S2/c1-20-10-4-2-9(3-5-10)17-21(18,19)12-7-8(16)6-11(14)13(12)15/h6-7,9-10,17H,2-5,16H2,1H3. The van der Waals surface area contributed by atoms with Gasteiger partial charge in [0.05, 0.1) is 0 Å². The van der Waals surface area contributed by atoms with Crippen LogP contribution in [0.5, 0.6) is 0 Å². The molecule has 21 heavy (non-hydrogen) atoms. The van der Waals surface area contributed by atoms with E-state index in [2.05, 4.69) is 4.72 Å². The van der Waals surface area contributed by atoms with E-state index in [9.17, 15) is 17.2 Å². The van der Waals surface area contributed by atoms with Crippen molar-refractivity contribution >= 4 is 27.5 Å². The van der Waals surface area contributed by atoms with Gasteiger partial charge in [-0.05, 0) is 44.1 Å². The fourth-order valence-corrected chi connectivity index (χ4v) is 4.65. The van der Waals surface area contributed by atoms with Crippen LogP contribution in [0, 0.1) is 11.6 Å². The lowest BCUT2D eigenvalue weighted by atomic mass is 9.96. The molecule has 0 aliphatic heterocycles. The zero-order valence-corrected chi connectivity index (χ0v) is 13.2. The van der Waals surface area contributed by atoms with E-state index < -0.39 is 26.6 Å². The number of hydrogen-bond donors (Lipinski definition) is 2. The minimum atomic E-state index is -4.11. The minimum absolute atomic E-state index is 0.125. The van der Waals surface area contributed by atoms with Gasteiger partial charge in [0.25, 0.3) is 0 Å². The molecule has 1 aliphatic carbocycles. The highest BCUT2D eigenvalue weighted by Crippen LogP contribution is 2.28. The smallest absolute Gasteiger partial charge is 0.243 e. The lowest BCUT2D eigenvalue weighted by Gasteiger charge is -2.27. The number of hydrogen-bond acceptors (Lipinski definition) is 4. The van der Waals surface area contributed by atoms with E-state index in [1.54, 1.807) is 11.8 Å². The van der Waals surface area contributed by atoms with Crippen LogP contribution in [0.1, 0.15) is 25.7 Å². The van der Waals surface area contributed by atoms with E-state index in [0.29, 0.717) is 18.1 Å². The molecule has 2 rings (SSSR count). The Morgan fingerprint density at radius 1 is 1.24 bits per heavy atom. The summed E-state index contributed by atoms with van der Waals surface area (Å²) in [6.45, 7) is 0. The van der Waals surface area contributed by atoms with Crippen LogP contribution in [0.2, 0.25) is 0 Å². The van der Waals surface area contributed by atoms with Gasteiger partial charge >= 0.3 is 0 Å². The molecule has 0 radical (unpaired) electrons. The van der Waals surface area contributed by atoms with E-state index in [4.69, 9.17) is 5.73 Å². The summed E-state index contributed by atoms with van der Waals surface area (Å²) in [6.07, 6.45) is 5.22. The maximum absolute atomic E-state index is 13.7. The molecule has 0 spiro atoms. The summed E-state index contributed by atoms with van der Waals surface area (Å²) in [7, 11) is -4.11. The predicted molar refractivity (Wildman–Crippen MR) is 80.7 cm³/mol. The number of nitrogen functional groups attached to an aromatic ring is 1. The highest BCUT2D eigenvalue weighted by atomic mass is 32.2. The Kier molecular flexibility index (Phi) is 5.11. The molecular weight excluding hydrogens is 318 g/mol. The highest BCUT2D eigenvalue weighted by Gasteiger charge is 2.28. The second-order valence-electron chi connectivity index (χ2n) is 5.15. The molecule has 0 amide bonds. The first kappa shape index (κ1) is 16.5. The molecule has 1 aromatic rings. The van der Waals surface area contributed by atoms with Gasteiger partial charge in [0.1, 0.15) is 4.90 Å². The van der Waals surface area contributed by atoms with Gasteiger partial charge in [-0.25, -0.2) is 21.9 Å². The maximum atomic E-state index is 13.7. The van der Waals surface area contributed by atoms with Crippen LogP contribution in [0.25, 0.3) is 0 Å².